The van der Waals surface area contributed by atoms with Crippen LogP contribution in [0.15, 0.2) is 36.7 Å². The quantitative estimate of drug-likeness (QED) is 0.479. The second-order valence-corrected chi connectivity index (χ2v) is 5.01. The Labute approximate surface area is 110 Å². The lowest BCUT2D eigenvalue weighted by Crippen LogP contribution is -1.90. The fourth-order valence-electron chi connectivity index (χ4n) is 2.73. The second-order valence-electron chi connectivity index (χ2n) is 5.01. The van der Waals surface area contributed by atoms with Crippen molar-refractivity contribution >= 4 is 32.6 Å². The molecule has 3 aromatic heterocycles. The Balaban J connectivity index is 2.41. The van der Waals surface area contributed by atoms with Crippen LogP contribution in [0.3, 0.4) is 0 Å². The summed E-state index contributed by atoms with van der Waals surface area (Å²) in [6.45, 7) is 4.09. The third-order valence-electron chi connectivity index (χ3n) is 3.64. The molecular weight excluding hydrogens is 234 g/mol. The molecule has 19 heavy (non-hydrogen) atoms. The average molecular weight is 247 g/mol. The van der Waals surface area contributed by atoms with Gasteiger partial charge in [0.2, 0.25) is 0 Å². The predicted octanol–water partition coefficient (Wildman–Crippen LogP) is 3.88. The molecule has 0 aliphatic heterocycles. The van der Waals surface area contributed by atoms with Crippen molar-refractivity contribution in [2.45, 2.75) is 13.8 Å². The molecule has 4 rings (SSSR count). The molecular formula is C16H13N3. The van der Waals surface area contributed by atoms with E-state index >= 15 is 0 Å². The van der Waals surface area contributed by atoms with E-state index in [0.717, 1.165) is 27.8 Å². The van der Waals surface area contributed by atoms with Gasteiger partial charge in [-0.3, -0.25) is 9.97 Å². The topological polar surface area (TPSA) is 41.6 Å². The van der Waals surface area contributed by atoms with E-state index in [1.54, 1.807) is 0 Å². The van der Waals surface area contributed by atoms with Crippen molar-refractivity contribution in [3.63, 3.8) is 0 Å². The summed E-state index contributed by atoms with van der Waals surface area (Å²) in [5.74, 6) is 0. The Morgan fingerprint density at radius 1 is 0.842 bits per heavy atom. The highest BCUT2D eigenvalue weighted by atomic mass is 14.8. The van der Waals surface area contributed by atoms with Crippen molar-refractivity contribution < 1.29 is 0 Å². The van der Waals surface area contributed by atoms with Gasteiger partial charge in [0, 0.05) is 45.3 Å². The number of benzene rings is 1. The zero-order valence-corrected chi connectivity index (χ0v) is 10.9. The van der Waals surface area contributed by atoms with Crippen LogP contribution in [0, 0.1) is 13.8 Å². The van der Waals surface area contributed by atoms with Gasteiger partial charge < -0.3 is 4.98 Å². The monoisotopic (exact) mass is 247 g/mol. The van der Waals surface area contributed by atoms with Gasteiger partial charge in [-0.1, -0.05) is 12.1 Å². The SMILES string of the molecule is Cc1ccc2c3cncc3c3ccc(C)[nH]c3c2n1. The van der Waals surface area contributed by atoms with Crippen molar-refractivity contribution in [2.24, 2.45) is 0 Å². The molecule has 0 saturated carbocycles. The summed E-state index contributed by atoms with van der Waals surface area (Å²) in [6.07, 6.45) is 3.86. The molecule has 3 heteroatoms. The molecule has 0 aliphatic carbocycles. The van der Waals surface area contributed by atoms with Gasteiger partial charge in [-0.05, 0) is 26.0 Å². The first-order chi connectivity index (χ1) is 9.24. The molecule has 0 spiro atoms. The van der Waals surface area contributed by atoms with Crippen LogP contribution in [-0.2, 0) is 0 Å². The summed E-state index contributed by atoms with van der Waals surface area (Å²) in [5, 5.41) is 4.70. The fourth-order valence-corrected chi connectivity index (χ4v) is 2.73. The number of hydrogen-bond donors (Lipinski definition) is 1. The molecule has 1 aromatic carbocycles. The maximum Gasteiger partial charge on any atom is 0.0953 e. The lowest BCUT2D eigenvalue weighted by atomic mass is 10.0. The van der Waals surface area contributed by atoms with Gasteiger partial charge in [0.1, 0.15) is 0 Å². The first-order valence-corrected chi connectivity index (χ1v) is 6.36. The highest BCUT2D eigenvalue weighted by Crippen LogP contribution is 2.33. The highest BCUT2D eigenvalue weighted by Gasteiger charge is 2.11. The van der Waals surface area contributed by atoms with Crippen molar-refractivity contribution in [1.29, 1.82) is 0 Å². The van der Waals surface area contributed by atoms with Crippen LogP contribution < -0.4 is 0 Å². The molecule has 0 amide bonds. The number of fused-ring (bicyclic) bond motifs is 6. The number of hydrogen-bond acceptors (Lipinski definition) is 2. The highest BCUT2D eigenvalue weighted by molar-refractivity contribution is 6.22. The summed E-state index contributed by atoms with van der Waals surface area (Å²) < 4.78 is 0. The zero-order chi connectivity index (χ0) is 13.0. The summed E-state index contributed by atoms with van der Waals surface area (Å²) in [4.78, 5) is 12.5. The molecule has 0 aliphatic rings. The molecule has 0 atom stereocenters. The first kappa shape index (κ1) is 10.5. The Kier molecular flexibility index (Phi) is 1.96. The zero-order valence-electron chi connectivity index (χ0n) is 10.9. The number of pyridine rings is 2. The minimum absolute atomic E-state index is 1.03. The van der Waals surface area contributed by atoms with E-state index in [4.69, 9.17) is 4.98 Å². The molecule has 3 nitrogen and oxygen atoms in total. The van der Waals surface area contributed by atoms with Crippen LogP contribution in [0.25, 0.3) is 32.6 Å². The Hall–Kier alpha value is -2.42. The van der Waals surface area contributed by atoms with E-state index in [-0.39, 0.29) is 0 Å². The molecule has 0 saturated heterocycles. The van der Waals surface area contributed by atoms with Gasteiger partial charge in [0.25, 0.3) is 0 Å². The van der Waals surface area contributed by atoms with E-state index in [9.17, 15) is 0 Å². The molecule has 0 bridgehead atoms. The van der Waals surface area contributed by atoms with Crippen LogP contribution >= 0.6 is 0 Å². The second kappa shape index (κ2) is 3.54. The van der Waals surface area contributed by atoms with Crippen LogP contribution in [-0.4, -0.2) is 15.0 Å². The summed E-state index contributed by atoms with van der Waals surface area (Å²) >= 11 is 0. The smallest absolute Gasteiger partial charge is 0.0953 e. The maximum atomic E-state index is 4.72. The van der Waals surface area contributed by atoms with Crippen LogP contribution in [0.1, 0.15) is 11.4 Å². The number of rotatable bonds is 0. The third kappa shape index (κ3) is 1.38. The lowest BCUT2D eigenvalue weighted by molar-refractivity contribution is 1.23. The maximum absolute atomic E-state index is 4.72. The number of H-pyrrole nitrogens is 1. The van der Waals surface area contributed by atoms with Gasteiger partial charge >= 0.3 is 0 Å². The Morgan fingerprint density at radius 2 is 1.58 bits per heavy atom. The van der Waals surface area contributed by atoms with Crippen molar-refractivity contribution in [1.82, 2.24) is 15.0 Å². The van der Waals surface area contributed by atoms with Crippen molar-refractivity contribution in [3.05, 3.63) is 48.0 Å². The minimum atomic E-state index is 1.03. The van der Waals surface area contributed by atoms with Crippen molar-refractivity contribution in [3.8, 4) is 0 Å². The molecule has 0 fully saturated rings. The minimum Gasteiger partial charge on any atom is -0.357 e. The van der Waals surface area contributed by atoms with Gasteiger partial charge in [-0.2, -0.15) is 0 Å². The van der Waals surface area contributed by atoms with Crippen LogP contribution in [0.4, 0.5) is 0 Å². The van der Waals surface area contributed by atoms with E-state index < -0.39 is 0 Å². The summed E-state index contributed by atoms with van der Waals surface area (Å²) in [7, 11) is 0. The van der Waals surface area contributed by atoms with Gasteiger partial charge in [0.15, 0.2) is 0 Å². The Morgan fingerprint density at radius 3 is 2.42 bits per heavy atom. The van der Waals surface area contributed by atoms with Crippen LogP contribution in [0.5, 0.6) is 0 Å². The molecule has 4 aromatic rings. The number of aryl methyl sites for hydroxylation is 2. The van der Waals surface area contributed by atoms with Crippen molar-refractivity contribution in [2.75, 3.05) is 0 Å². The van der Waals surface area contributed by atoms with E-state index in [1.165, 1.54) is 16.2 Å². The average Bonchev–Trinajstić information content (AvgIpc) is 2.88. The number of nitrogens with zero attached hydrogens (tertiary/aromatic N) is 2. The standard InChI is InChI=1S/C16H13N3/c1-9-3-5-11-13-7-17-8-14(13)12-6-4-10(2)19-16(12)15(11)18-9/h3-8,18H,1-2H3. The molecule has 92 valence electrons. The first-order valence-electron chi connectivity index (χ1n) is 6.36. The normalized spacial score (nSPS) is 11.7. The lowest BCUT2D eigenvalue weighted by Gasteiger charge is -2.08. The van der Waals surface area contributed by atoms with Crippen LogP contribution in [0.2, 0.25) is 0 Å². The van der Waals surface area contributed by atoms with Gasteiger partial charge in [-0.15, -0.1) is 0 Å². The number of aromatic nitrogens is 3. The van der Waals surface area contributed by atoms with Gasteiger partial charge in [0.05, 0.1) is 11.0 Å². The molecule has 1 N–H and O–H groups in total. The number of nitrogens with one attached hydrogen (secondary N) is 1. The summed E-state index contributed by atoms with van der Waals surface area (Å²) in [6, 6.07) is 8.43. The van der Waals surface area contributed by atoms with E-state index in [0.29, 0.717) is 0 Å². The molecule has 0 unspecified atom stereocenters. The third-order valence-corrected chi connectivity index (χ3v) is 3.64. The number of aromatic amines is 1. The predicted molar refractivity (Wildman–Crippen MR) is 78.4 cm³/mol. The van der Waals surface area contributed by atoms with E-state index in [1.807, 2.05) is 19.3 Å². The van der Waals surface area contributed by atoms with Gasteiger partial charge in [-0.25, -0.2) is 0 Å². The largest absolute Gasteiger partial charge is 0.357 e. The Bertz CT molecular complexity index is 859. The fraction of sp³-hybridized carbons (Fsp3) is 0.125. The summed E-state index contributed by atoms with van der Waals surface area (Å²) in [5.41, 5.74) is 4.29. The molecule has 3 heterocycles. The molecule has 0 radical (unpaired) electrons. The van der Waals surface area contributed by atoms with E-state index in [2.05, 4.69) is 41.2 Å².